The van der Waals surface area contributed by atoms with E-state index in [0.29, 0.717) is 12.0 Å². The topological polar surface area (TPSA) is 38.0 Å². The van der Waals surface area contributed by atoms with E-state index < -0.39 is 0 Å². The van der Waals surface area contributed by atoms with Gasteiger partial charge in [0.2, 0.25) is 0 Å². The lowest BCUT2D eigenvalue weighted by molar-refractivity contribution is 0.504. The summed E-state index contributed by atoms with van der Waals surface area (Å²) in [6, 6.07) is 9.09. The Kier molecular flexibility index (Phi) is 4.26. The standard InChI is InChI=1S/C16H22N2S/c17-18-16(12-7-3-1-2-4-8-12)14-11-19-15-10-6-5-9-13(14)15/h5-7,9-10,14,16,18H,1-4,8,11,17H2. The summed E-state index contributed by atoms with van der Waals surface area (Å²) in [4.78, 5) is 1.43. The van der Waals surface area contributed by atoms with Gasteiger partial charge in [-0.2, -0.15) is 0 Å². The van der Waals surface area contributed by atoms with Crippen LogP contribution < -0.4 is 11.3 Å². The second-order valence-electron chi connectivity index (χ2n) is 5.48. The van der Waals surface area contributed by atoms with Crippen LogP contribution in [0.5, 0.6) is 0 Å². The van der Waals surface area contributed by atoms with Crippen LogP contribution in [0.3, 0.4) is 0 Å². The monoisotopic (exact) mass is 274 g/mol. The number of fused-ring (bicyclic) bond motifs is 1. The summed E-state index contributed by atoms with van der Waals surface area (Å²) in [6.45, 7) is 0. The Labute approximate surface area is 119 Å². The van der Waals surface area contributed by atoms with E-state index in [-0.39, 0.29) is 0 Å². The highest BCUT2D eigenvalue weighted by atomic mass is 32.2. The van der Waals surface area contributed by atoms with Crippen LogP contribution >= 0.6 is 11.8 Å². The van der Waals surface area contributed by atoms with E-state index in [1.807, 2.05) is 11.8 Å². The molecule has 1 aromatic rings. The number of nitrogens with two attached hydrogens (primary N) is 1. The van der Waals surface area contributed by atoms with Crippen LogP contribution in [0, 0.1) is 0 Å². The third-order valence-corrected chi connectivity index (χ3v) is 5.50. The van der Waals surface area contributed by atoms with Gasteiger partial charge < -0.3 is 0 Å². The second-order valence-corrected chi connectivity index (χ2v) is 6.54. The largest absolute Gasteiger partial charge is 0.271 e. The molecule has 2 atom stereocenters. The smallest absolute Gasteiger partial charge is 0.0496 e. The predicted octanol–water partition coefficient (Wildman–Crippen LogP) is 3.60. The maximum Gasteiger partial charge on any atom is 0.0496 e. The summed E-state index contributed by atoms with van der Waals surface area (Å²) < 4.78 is 0. The van der Waals surface area contributed by atoms with Crippen LogP contribution in [0.4, 0.5) is 0 Å². The van der Waals surface area contributed by atoms with E-state index in [1.54, 1.807) is 0 Å². The molecule has 1 aliphatic carbocycles. The fourth-order valence-electron chi connectivity index (χ4n) is 3.27. The van der Waals surface area contributed by atoms with E-state index in [4.69, 9.17) is 5.84 Å². The van der Waals surface area contributed by atoms with Crippen molar-refractivity contribution in [3.05, 3.63) is 41.5 Å². The maximum atomic E-state index is 5.89. The molecule has 19 heavy (non-hydrogen) atoms. The average molecular weight is 274 g/mol. The van der Waals surface area contributed by atoms with Crippen molar-refractivity contribution in [1.82, 2.24) is 5.43 Å². The minimum atomic E-state index is 0.314. The van der Waals surface area contributed by atoms with Crippen molar-refractivity contribution in [3.63, 3.8) is 0 Å². The molecule has 0 saturated heterocycles. The first-order valence-electron chi connectivity index (χ1n) is 7.27. The summed E-state index contributed by atoms with van der Waals surface area (Å²) in [5.74, 6) is 7.56. The second kappa shape index (κ2) is 6.12. The van der Waals surface area contributed by atoms with Crippen LogP contribution in [0.15, 0.2) is 40.8 Å². The van der Waals surface area contributed by atoms with Crippen LogP contribution in [0.1, 0.15) is 43.6 Å². The zero-order chi connectivity index (χ0) is 13.1. The quantitative estimate of drug-likeness (QED) is 0.502. The van der Waals surface area contributed by atoms with Crippen LogP contribution in [-0.4, -0.2) is 11.8 Å². The highest BCUT2D eigenvalue weighted by Gasteiger charge is 2.31. The van der Waals surface area contributed by atoms with Gasteiger partial charge in [-0.25, -0.2) is 0 Å². The zero-order valence-corrected chi connectivity index (χ0v) is 12.1. The van der Waals surface area contributed by atoms with Gasteiger partial charge in [0.1, 0.15) is 0 Å². The van der Waals surface area contributed by atoms with E-state index in [0.717, 1.165) is 5.75 Å². The fraction of sp³-hybridized carbons (Fsp3) is 0.500. The molecule has 0 amide bonds. The molecule has 0 saturated carbocycles. The van der Waals surface area contributed by atoms with Crippen LogP contribution in [-0.2, 0) is 0 Å². The van der Waals surface area contributed by atoms with Gasteiger partial charge in [-0.15, -0.1) is 11.8 Å². The zero-order valence-electron chi connectivity index (χ0n) is 11.3. The first kappa shape index (κ1) is 13.2. The van der Waals surface area contributed by atoms with Crippen LogP contribution in [0.25, 0.3) is 0 Å². The maximum absolute atomic E-state index is 5.89. The number of benzene rings is 1. The number of hydrogen-bond acceptors (Lipinski definition) is 3. The number of rotatable bonds is 3. The highest BCUT2D eigenvalue weighted by Crippen LogP contribution is 2.43. The molecule has 1 aromatic carbocycles. The molecule has 2 unspecified atom stereocenters. The van der Waals surface area contributed by atoms with Crippen molar-refractivity contribution in [3.8, 4) is 0 Å². The van der Waals surface area contributed by atoms with E-state index in [9.17, 15) is 0 Å². The van der Waals surface area contributed by atoms with E-state index in [1.165, 1.54) is 48.1 Å². The van der Waals surface area contributed by atoms with E-state index in [2.05, 4.69) is 35.8 Å². The average Bonchev–Trinajstić information content (AvgIpc) is 2.69. The molecule has 0 bridgehead atoms. The molecule has 3 N–H and O–H groups in total. The summed E-state index contributed by atoms with van der Waals surface area (Å²) in [6.07, 6.45) is 8.85. The van der Waals surface area contributed by atoms with Crippen molar-refractivity contribution >= 4 is 11.8 Å². The highest BCUT2D eigenvalue weighted by molar-refractivity contribution is 7.99. The third-order valence-electron chi connectivity index (χ3n) is 4.29. The fourth-order valence-corrected chi connectivity index (χ4v) is 4.56. The number of thioether (sulfide) groups is 1. The Balaban J connectivity index is 1.85. The molecular weight excluding hydrogens is 252 g/mol. The lowest BCUT2D eigenvalue weighted by Gasteiger charge is -2.26. The molecule has 0 aromatic heterocycles. The molecule has 3 heteroatoms. The van der Waals surface area contributed by atoms with Crippen molar-refractivity contribution in [1.29, 1.82) is 0 Å². The molecule has 102 valence electrons. The SMILES string of the molecule is NNC(C1=CCCCCC1)C1CSc2ccccc21. The van der Waals surface area contributed by atoms with Gasteiger partial charge >= 0.3 is 0 Å². The number of allylic oxidation sites excluding steroid dienone is 1. The van der Waals surface area contributed by atoms with E-state index >= 15 is 0 Å². The molecule has 3 rings (SSSR count). The summed E-state index contributed by atoms with van der Waals surface area (Å²) >= 11 is 1.97. The minimum absolute atomic E-state index is 0.314. The molecule has 1 aliphatic heterocycles. The Bertz CT molecular complexity index is 470. The molecule has 1 heterocycles. The number of nitrogens with one attached hydrogen (secondary N) is 1. The number of hydrazine groups is 1. The lowest BCUT2D eigenvalue weighted by Crippen LogP contribution is -2.41. The van der Waals surface area contributed by atoms with Crippen molar-refractivity contribution in [2.45, 2.75) is 49.0 Å². The van der Waals surface area contributed by atoms with Crippen molar-refractivity contribution in [2.75, 3.05) is 5.75 Å². The van der Waals surface area contributed by atoms with Gasteiger partial charge in [-0.05, 0) is 37.3 Å². The summed E-state index contributed by atoms with van der Waals surface area (Å²) in [7, 11) is 0. The molecule has 2 nitrogen and oxygen atoms in total. The predicted molar refractivity (Wildman–Crippen MR) is 82.2 cm³/mol. The van der Waals surface area contributed by atoms with Gasteiger partial charge in [-0.3, -0.25) is 11.3 Å². The van der Waals surface area contributed by atoms with Gasteiger partial charge in [-0.1, -0.05) is 36.3 Å². The Morgan fingerprint density at radius 2 is 2.11 bits per heavy atom. The van der Waals surface area contributed by atoms with Crippen molar-refractivity contribution < 1.29 is 0 Å². The molecule has 2 aliphatic rings. The Morgan fingerprint density at radius 3 is 3.00 bits per heavy atom. The lowest BCUT2D eigenvalue weighted by atomic mass is 9.87. The third kappa shape index (κ3) is 2.73. The first-order chi connectivity index (χ1) is 9.40. The first-order valence-corrected chi connectivity index (χ1v) is 8.25. The summed E-state index contributed by atoms with van der Waals surface area (Å²) in [5, 5.41) is 0. The normalized spacial score (nSPS) is 24.5. The van der Waals surface area contributed by atoms with Gasteiger partial charge in [0.15, 0.2) is 0 Å². The minimum Gasteiger partial charge on any atom is -0.271 e. The molecule has 0 radical (unpaired) electrons. The van der Waals surface area contributed by atoms with Gasteiger partial charge in [0, 0.05) is 22.6 Å². The Hall–Kier alpha value is -0.770. The molecule has 0 spiro atoms. The van der Waals surface area contributed by atoms with Gasteiger partial charge in [0.25, 0.3) is 0 Å². The van der Waals surface area contributed by atoms with Crippen LogP contribution in [0.2, 0.25) is 0 Å². The Morgan fingerprint density at radius 1 is 1.21 bits per heavy atom. The molecule has 0 fully saturated rings. The van der Waals surface area contributed by atoms with Crippen molar-refractivity contribution in [2.24, 2.45) is 5.84 Å². The van der Waals surface area contributed by atoms with Gasteiger partial charge in [0.05, 0.1) is 0 Å². The summed E-state index contributed by atoms with van der Waals surface area (Å²) in [5.41, 5.74) is 6.10. The number of hydrogen-bond donors (Lipinski definition) is 2. The molecular formula is C16H22N2S.